The summed E-state index contributed by atoms with van der Waals surface area (Å²) in [4.78, 5) is 16.0. The summed E-state index contributed by atoms with van der Waals surface area (Å²) in [5.41, 5.74) is 0.301. The van der Waals surface area contributed by atoms with Crippen molar-refractivity contribution in [3.05, 3.63) is 72.6 Å². The van der Waals surface area contributed by atoms with Crippen molar-refractivity contribution in [1.29, 1.82) is 0 Å². The van der Waals surface area contributed by atoms with Crippen LogP contribution in [0.5, 0.6) is 5.75 Å². The van der Waals surface area contributed by atoms with E-state index in [1.54, 1.807) is 30.5 Å². The van der Waals surface area contributed by atoms with E-state index in [9.17, 15) is 4.79 Å². The van der Waals surface area contributed by atoms with Crippen LogP contribution in [-0.2, 0) is 0 Å². The summed E-state index contributed by atoms with van der Waals surface area (Å²) in [6.45, 7) is 0. The number of hydrogen-bond acceptors (Lipinski definition) is 3. The second kappa shape index (κ2) is 4.90. The minimum absolute atomic E-state index is 0.301. The largest absolute Gasteiger partial charge is 0.421 e. The normalized spacial score (nSPS) is 10.3. The third-order valence-electron chi connectivity index (χ3n) is 2.83. The van der Waals surface area contributed by atoms with Gasteiger partial charge in [0.05, 0.1) is 0 Å². The van der Waals surface area contributed by atoms with Crippen molar-refractivity contribution in [3.8, 4) is 5.75 Å². The van der Waals surface area contributed by atoms with Gasteiger partial charge in [0.25, 0.3) is 0 Å². The van der Waals surface area contributed by atoms with Gasteiger partial charge in [-0.25, -0.2) is 9.78 Å². The van der Waals surface area contributed by atoms with Gasteiger partial charge in [0.15, 0.2) is 0 Å². The molecular formula is C16H11NO2. The SMILES string of the molecule is O=C(Oc1cccc2ccccc12)c1ccccn1. The molecule has 0 amide bonds. The average Bonchev–Trinajstić information content (AvgIpc) is 2.48. The highest BCUT2D eigenvalue weighted by Crippen LogP contribution is 2.25. The molecule has 0 saturated carbocycles. The summed E-state index contributed by atoms with van der Waals surface area (Å²) in [6, 6.07) is 18.5. The molecule has 3 nitrogen and oxygen atoms in total. The van der Waals surface area contributed by atoms with Gasteiger partial charge in [0.1, 0.15) is 11.4 Å². The lowest BCUT2D eigenvalue weighted by Crippen LogP contribution is -2.10. The highest BCUT2D eigenvalue weighted by Gasteiger charge is 2.11. The van der Waals surface area contributed by atoms with Crippen molar-refractivity contribution in [3.63, 3.8) is 0 Å². The Labute approximate surface area is 110 Å². The third-order valence-corrected chi connectivity index (χ3v) is 2.83. The predicted molar refractivity (Wildman–Crippen MR) is 73.1 cm³/mol. The zero-order valence-corrected chi connectivity index (χ0v) is 10.1. The van der Waals surface area contributed by atoms with Crippen molar-refractivity contribution in [2.75, 3.05) is 0 Å². The molecule has 0 aliphatic heterocycles. The molecule has 3 aromatic rings. The van der Waals surface area contributed by atoms with E-state index >= 15 is 0 Å². The quantitative estimate of drug-likeness (QED) is 0.515. The molecule has 0 saturated heterocycles. The molecule has 0 radical (unpaired) electrons. The molecule has 2 aromatic carbocycles. The Morgan fingerprint density at radius 2 is 1.68 bits per heavy atom. The maximum Gasteiger partial charge on any atom is 0.362 e. The molecular weight excluding hydrogens is 238 g/mol. The van der Waals surface area contributed by atoms with E-state index < -0.39 is 5.97 Å². The van der Waals surface area contributed by atoms with Gasteiger partial charge in [0, 0.05) is 11.6 Å². The van der Waals surface area contributed by atoms with Crippen molar-refractivity contribution >= 4 is 16.7 Å². The van der Waals surface area contributed by atoms with E-state index in [0.29, 0.717) is 11.4 Å². The highest BCUT2D eigenvalue weighted by atomic mass is 16.5. The van der Waals surface area contributed by atoms with Crippen LogP contribution in [0.1, 0.15) is 10.5 Å². The molecule has 0 unspecified atom stereocenters. The fourth-order valence-electron chi connectivity index (χ4n) is 1.92. The van der Waals surface area contributed by atoms with E-state index in [-0.39, 0.29) is 0 Å². The van der Waals surface area contributed by atoms with Gasteiger partial charge in [-0.1, -0.05) is 42.5 Å². The zero-order chi connectivity index (χ0) is 13.1. The molecule has 0 spiro atoms. The topological polar surface area (TPSA) is 39.2 Å². The molecule has 0 aliphatic carbocycles. The Bertz CT molecular complexity index is 718. The molecule has 0 N–H and O–H groups in total. The standard InChI is InChI=1S/C16H11NO2/c18-16(14-9-3-4-11-17-14)19-15-10-5-7-12-6-1-2-8-13(12)15/h1-11H. The van der Waals surface area contributed by atoms with E-state index in [4.69, 9.17) is 4.74 Å². The minimum atomic E-state index is -0.447. The van der Waals surface area contributed by atoms with Gasteiger partial charge in [-0.15, -0.1) is 0 Å². The first kappa shape index (κ1) is 11.4. The Kier molecular flexibility index (Phi) is 2.94. The van der Waals surface area contributed by atoms with Crippen LogP contribution in [0.25, 0.3) is 10.8 Å². The number of carbonyl (C=O) groups is 1. The van der Waals surface area contributed by atoms with Gasteiger partial charge in [-0.2, -0.15) is 0 Å². The van der Waals surface area contributed by atoms with Crippen molar-refractivity contribution in [2.24, 2.45) is 0 Å². The Morgan fingerprint density at radius 3 is 2.53 bits per heavy atom. The highest BCUT2D eigenvalue weighted by molar-refractivity contribution is 5.94. The van der Waals surface area contributed by atoms with Crippen LogP contribution in [0, 0.1) is 0 Å². The molecule has 0 aliphatic rings. The smallest absolute Gasteiger partial charge is 0.362 e. The van der Waals surface area contributed by atoms with Crippen LogP contribution in [0.4, 0.5) is 0 Å². The van der Waals surface area contributed by atoms with Crippen LogP contribution in [-0.4, -0.2) is 11.0 Å². The number of hydrogen-bond donors (Lipinski definition) is 0. The minimum Gasteiger partial charge on any atom is -0.421 e. The lowest BCUT2D eigenvalue weighted by atomic mass is 10.1. The molecule has 0 fully saturated rings. The Hall–Kier alpha value is -2.68. The second-order valence-electron chi connectivity index (χ2n) is 4.08. The van der Waals surface area contributed by atoms with Crippen molar-refractivity contribution in [1.82, 2.24) is 4.98 Å². The molecule has 92 valence electrons. The fraction of sp³-hybridized carbons (Fsp3) is 0. The fourth-order valence-corrected chi connectivity index (χ4v) is 1.92. The number of carbonyl (C=O) groups excluding carboxylic acids is 1. The molecule has 1 heterocycles. The number of esters is 1. The average molecular weight is 249 g/mol. The van der Waals surface area contributed by atoms with E-state index in [2.05, 4.69) is 4.98 Å². The Balaban J connectivity index is 1.96. The Morgan fingerprint density at radius 1 is 0.895 bits per heavy atom. The summed E-state index contributed by atoms with van der Waals surface area (Å²) in [5, 5.41) is 1.95. The van der Waals surface area contributed by atoms with Crippen LogP contribution >= 0.6 is 0 Å². The molecule has 1 aromatic heterocycles. The van der Waals surface area contributed by atoms with Gasteiger partial charge >= 0.3 is 5.97 Å². The van der Waals surface area contributed by atoms with Crippen molar-refractivity contribution < 1.29 is 9.53 Å². The molecule has 3 heteroatoms. The van der Waals surface area contributed by atoms with Gasteiger partial charge in [0.2, 0.25) is 0 Å². The first-order chi connectivity index (χ1) is 9.34. The first-order valence-corrected chi connectivity index (χ1v) is 5.95. The number of rotatable bonds is 2. The van der Waals surface area contributed by atoms with Gasteiger partial charge in [-0.05, 0) is 23.6 Å². The van der Waals surface area contributed by atoms with Crippen LogP contribution in [0.3, 0.4) is 0 Å². The van der Waals surface area contributed by atoms with Gasteiger partial charge < -0.3 is 4.74 Å². The maximum absolute atomic E-state index is 12.0. The molecule has 0 atom stereocenters. The summed E-state index contributed by atoms with van der Waals surface area (Å²) in [5.74, 6) is 0.103. The van der Waals surface area contributed by atoms with E-state index in [1.165, 1.54) is 0 Å². The molecule has 0 bridgehead atoms. The van der Waals surface area contributed by atoms with Crippen molar-refractivity contribution in [2.45, 2.75) is 0 Å². The maximum atomic E-state index is 12.0. The summed E-state index contributed by atoms with van der Waals surface area (Å²) >= 11 is 0. The van der Waals surface area contributed by atoms with E-state index in [1.807, 2.05) is 36.4 Å². The van der Waals surface area contributed by atoms with Gasteiger partial charge in [-0.3, -0.25) is 0 Å². The number of ether oxygens (including phenoxy) is 1. The van der Waals surface area contributed by atoms with Crippen LogP contribution in [0.2, 0.25) is 0 Å². The lowest BCUT2D eigenvalue weighted by Gasteiger charge is -2.07. The monoisotopic (exact) mass is 249 g/mol. The first-order valence-electron chi connectivity index (χ1n) is 5.95. The summed E-state index contributed by atoms with van der Waals surface area (Å²) in [6.07, 6.45) is 1.57. The van der Waals surface area contributed by atoms with Crippen LogP contribution in [0.15, 0.2) is 66.9 Å². The molecule has 3 rings (SSSR count). The number of aromatic nitrogens is 1. The third kappa shape index (κ3) is 2.31. The summed E-state index contributed by atoms with van der Waals surface area (Å²) in [7, 11) is 0. The van der Waals surface area contributed by atoms with Crippen LogP contribution < -0.4 is 4.74 Å². The molecule has 19 heavy (non-hydrogen) atoms. The summed E-state index contributed by atoms with van der Waals surface area (Å²) < 4.78 is 5.41. The predicted octanol–water partition coefficient (Wildman–Crippen LogP) is 3.45. The number of nitrogens with zero attached hydrogens (tertiary/aromatic N) is 1. The lowest BCUT2D eigenvalue weighted by molar-refractivity contribution is 0.0731. The number of fused-ring (bicyclic) bond motifs is 1. The zero-order valence-electron chi connectivity index (χ0n) is 10.1. The second-order valence-corrected chi connectivity index (χ2v) is 4.08. The number of benzene rings is 2. The number of pyridine rings is 1. The van der Waals surface area contributed by atoms with E-state index in [0.717, 1.165) is 10.8 Å².